The Morgan fingerprint density at radius 3 is 2.29 bits per heavy atom. The molecule has 0 saturated carbocycles. The van der Waals surface area contributed by atoms with Crippen LogP contribution in [0, 0.1) is 13.8 Å². The number of nitrogen functional groups attached to an aromatic ring is 1. The number of nitrogens with one attached hydrogen (secondary N) is 2. The summed E-state index contributed by atoms with van der Waals surface area (Å²) in [5.74, 6) is 1.05. The van der Waals surface area contributed by atoms with E-state index in [-0.39, 0.29) is 0 Å². The number of rotatable bonds is 4. The fourth-order valence-corrected chi connectivity index (χ4v) is 2.47. The first-order valence-electron chi connectivity index (χ1n) is 7.51. The average molecular weight is 340 g/mol. The van der Waals surface area contributed by atoms with Crippen molar-refractivity contribution in [2.75, 3.05) is 16.4 Å². The number of anilines is 5. The molecule has 0 radical (unpaired) electrons. The van der Waals surface area contributed by atoms with Crippen molar-refractivity contribution in [1.29, 1.82) is 0 Å². The van der Waals surface area contributed by atoms with Gasteiger partial charge >= 0.3 is 0 Å². The van der Waals surface area contributed by atoms with Gasteiger partial charge in [0.25, 0.3) is 0 Å². The number of hydrogen-bond donors (Lipinski definition) is 3. The first-order valence-corrected chi connectivity index (χ1v) is 7.88. The Morgan fingerprint density at radius 1 is 0.917 bits per heavy atom. The fourth-order valence-electron chi connectivity index (χ4n) is 2.28. The number of hydrogen-bond acceptors (Lipinski definition) is 5. The van der Waals surface area contributed by atoms with Crippen LogP contribution in [0.5, 0.6) is 0 Å². The average Bonchev–Trinajstić information content (AvgIpc) is 2.56. The number of para-hydroxylation sites is 1. The van der Waals surface area contributed by atoms with Crippen molar-refractivity contribution in [1.82, 2.24) is 9.97 Å². The minimum absolute atomic E-state index is 0.429. The minimum Gasteiger partial charge on any atom is -0.393 e. The van der Waals surface area contributed by atoms with Gasteiger partial charge in [-0.3, -0.25) is 0 Å². The first-order chi connectivity index (χ1) is 11.5. The number of halogens is 1. The molecule has 3 aromatic rings. The second-order valence-electron chi connectivity index (χ2n) is 5.53. The van der Waals surface area contributed by atoms with Crippen LogP contribution < -0.4 is 16.4 Å². The Bertz CT molecular complexity index is 879. The largest absolute Gasteiger partial charge is 0.393 e. The maximum absolute atomic E-state index is 6.22. The van der Waals surface area contributed by atoms with Crippen LogP contribution in [0.2, 0.25) is 5.02 Å². The van der Waals surface area contributed by atoms with Crippen molar-refractivity contribution >= 4 is 40.3 Å². The van der Waals surface area contributed by atoms with Crippen molar-refractivity contribution < 1.29 is 0 Å². The van der Waals surface area contributed by atoms with Crippen molar-refractivity contribution in [2.45, 2.75) is 13.8 Å². The van der Waals surface area contributed by atoms with Gasteiger partial charge in [0.15, 0.2) is 11.6 Å². The van der Waals surface area contributed by atoms with Gasteiger partial charge < -0.3 is 16.4 Å². The molecule has 0 spiro atoms. The van der Waals surface area contributed by atoms with Gasteiger partial charge in [-0.05, 0) is 43.2 Å². The number of nitrogens with two attached hydrogens (primary N) is 1. The third-order valence-electron chi connectivity index (χ3n) is 3.66. The Kier molecular flexibility index (Phi) is 4.53. The van der Waals surface area contributed by atoms with Crippen LogP contribution in [-0.4, -0.2) is 9.97 Å². The van der Waals surface area contributed by atoms with Gasteiger partial charge in [-0.1, -0.05) is 35.9 Å². The maximum Gasteiger partial charge on any atom is 0.159 e. The molecular formula is C18H18ClN5. The molecule has 1 aromatic heterocycles. The maximum atomic E-state index is 6.22. The molecule has 1 heterocycles. The predicted octanol–water partition coefficient (Wildman–Crippen LogP) is 4.82. The van der Waals surface area contributed by atoms with Crippen LogP contribution in [0.3, 0.4) is 0 Å². The second kappa shape index (κ2) is 6.76. The molecule has 0 amide bonds. The van der Waals surface area contributed by atoms with E-state index in [0.29, 0.717) is 22.3 Å². The van der Waals surface area contributed by atoms with Crippen LogP contribution in [0.4, 0.5) is 28.7 Å². The summed E-state index contributed by atoms with van der Waals surface area (Å²) < 4.78 is 0. The van der Waals surface area contributed by atoms with Gasteiger partial charge in [0.1, 0.15) is 12.0 Å². The quantitative estimate of drug-likeness (QED) is 0.635. The zero-order valence-electron chi connectivity index (χ0n) is 13.5. The van der Waals surface area contributed by atoms with E-state index >= 15 is 0 Å². The zero-order valence-corrected chi connectivity index (χ0v) is 14.2. The Hall–Kier alpha value is -2.79. The molecule has 6 heteroatoms. The highest BCUT2D eigenvalue weighted by Gasteiger charge is 2.11. The lowest BCUT2D eigenvalue weighted by molar-refractivity contribution is 1.17. The predicted molar refractivity (Wildman–Crippen MR) is 100 cm³/mol. The first kappa shape index (κ1) is 16.1. The van der Waals surface area contributed by atoms with Crippen molar-refractivity contribution in [2.24, 2.45) is 0 Å². The van der Waals surface area contributed by atoms with Crippen LogP contribution >= 0.6 is 11.6 Å². The molecule has 0 aliphatic carbocycles. The molecule has 0 aliphatic rings. The second-order valence-corrected chi connectivity index (χ2v) is 5.94. The van der Waals surface area contributed by atoms with E-state index in [1.54, 1.807) is 6.07 Å². The van der Waals surface area contributed by atoms with Crippen molar-refractivity contribution in [3.05, 3.63) is 64.9 Å². The summed E-state index contributed by atoms with van der Waals surface area (Å²) in [4.78, 5) is 8.46. The fraction of sp³-hybridized carbons (Fsp3) is 0.111. The molecule has 3 rings (SSSR count). The molecular weight excluding hydrogens is 322 g/mol. The van der Waals surface area contributed by atoms with Crippen LogP contribution in [0.25, 0.3) is 0 Å². The molecule has 2 aromatic carbocycles. The van der Waals surface area contributed by atoms with E-state index in [1.807, 2.05) is 32.0 Å². The number of aromatic nitrogens is 2. The summed E-state index contributed by atoms with van der Waals surface area (Å²) in [5, 5.41) is 7.01. The molecule has 4 N–H and O–H groups in total. The van der Waals surface area contributed by atoms with Crippen LogP contribution in [-0.2, 0) is 0 Å². The van der Waals surface area contributed by atoms with E-state index in [9.17, 15) is 0 Å². The monoisotopic (exact) mass is 339 g/mol. The normalized spacial score (nSPS) is 10.5. The van der Waals surface area contributed by atoms with E-state index in [4.69, 9.17) is 17.3 Å². The third kappa shape index (κ3) is 3.41. The van der Waals surface area contributed by atoms with Gasteiger partial charge in [-0.25, -0.2) is 9.97 Å². The molecule has 0 unspecified atom stereocenters. The smallest absolute Gasteiger partial charge is 0.159 e. The topological polar surface area (TPSA) is 75.9 Å². The minimum atomic E-state index is 0.429. The summed E-state index contributed by atoms with van der Waals surface area (Å²) in [5.41, 5.74) is 10.6. The number of benzene rings is 2. The van der Waals surface area contributed by atoms with Gasteiger partial charge in [0.05, 0.1) is 10.7 Å². The van der Waals surface area contributed by atoms with Gasteiger partial charge in [-0.15, -0.1) is 0 Å². The molecule has 122 valence electrons. The lowest BCUT2D eigenvalue weighted by Gasteiger charge is -2.14. The van der Waals surface area contributed by atoms with Crippen LogP contribution in [0.1, 0.15) is 11.1 Å². The lowest BCUT2D eigenvalue weighted by atomic mass is 10.1. The molecule has 24 heavy (non-hydrogen) atoms. The standard InChI is InChI=1S/C18H18ClN5/c1-11-7-8-12(2)15(9-11)24-18-16(20)17(21-10-22-18)23-14-6-4-3-5-13(14)19/h3-10H,20H2,1-2H3,(H2,21,22,23,24). The van der Waals surface area contributed by atoms with Gasteiger partial charge in [0.2, 0.25) is 0 Å². The van der Waals surface area contributed by atoms with E-state index < -0.39 is 0 Å². The highest BCUT2D eigenvalue weighted by molar-refractivity contribution is 6.33. The van der Waals surface area contributed by atoms with E-state index in [0.717, 1.165) is 22.5 Å². The lowest BCUT2D eigenvalue weighted by Crippen LogP contribution is -2.06. The molecule has 0 bridgehead atoms. The molecule has 0 saturated heterocycles. The summed E-state index contributed by atoms with van der Waals surface area (Å²) in [7, 11) is 0. The summed E-state index contributed by atoms with van der Waals surface area (Å²) in [6.45, 7) is 4.07. The number of aryl methyl sites for hydroxylation is 2. The highest BCUT2D eigenvalue weighted by Crippen LogP contribution is 2.31. The van der Waals surface area contributed by atoms with E-state index in [2.05, 4.69) is 38.8 Å². The Morgan fingerprint density at radius 2 is 1.58 bits per heavy atom. The SMILES string of the molecule is Cc1ccc(C)c(Nc2ncnc(Nc3ccccc3Cl)c2N)c1. The summed E-state index contributed by atoms with van der Waals surface area (Å²) in [6.07, 6.45) is 1.46. The molecule has 5 nitrogen and oxygen atoms in total. The highest BCUT2D eigenvalue weighted by atomic mass is 35.5. The van der Waals surface area contributed by atoms with Crippen LogP contribution in [0.15, 0.2) is 48.8 Å². The van der Waals surface area contributed by atoms with Crippen molar-refractivity contribution in [3.63, 3.8) is 0 Å². The third-order valence-corrected chi connectivity index (χ3v) is 3.99. The number of nitrogens with zero attached hydrogens (tertiary/aromatic N) is 2. The summed E-state index contributed by atoms with van der Waals surface area (Å²) in [6, 6.07) is 13.6. The van der Waals surface area contributed by atoms with Gasteiger partial charge in [0, 0.05) is 5.69 Å². The molecule has 0 fully saturated rings. The molecule has 0 aliphatic heterocycles. The zero-order chi connectivity index (χ0) is 17.1. The van der Waals surface area contributed by atoms with Crippen molar-refractivity contribution in [3.8, 4) is 0 Å². The van der Waals surface area contributed by atoms with E-state index in [1.165, 1.54) is 6.33 Å². The molecule has 0 atom stereocenters. The Labute approximate surface area is 145 Å². The Balaban J connectivity index is 1.91. The summed E-state index contributed by atoms with van der Waals surface area (Å²) >= 11 is 6.17. The van der Waals surface area contributed by atoms with Gasteiger partial charge in [-0.2, -0.15) is 0 Å².